The molecule has 1 aliphatic heterocycles. The van der Waals surface area contributed by atoms with Crippen LogP contribution in [0.15, 0.2) is 12.1 Å². The number of hydrogen-bond acceptors (Lipinski definition) is 1. The summed E-state index contributed by atoms with van der Waals surface area (Å²) >= 11 is 0. The van der Waals surface area contributed by atoms with Crippen LogP contribution in [0.1, 0.15) is 30.5 Å². The van der Waals surface area contributed by atoms with Crippen molar-refractivity contribution < 1.29 is 14.6 Å². The van der Waals surface area contributed by atoms with E-state index in [1.165, 1.54) is 6.07 Å². The van der Waals surface area contributed by atoms with Crippen LogP contribution in [0.25, 0.3) is 0 Å². The number of halogens is 1. The van der Waals surface area contributed by atoms with Gasteiger partial charge in [0.2, 0.25) is 0 Å². The molecule has 1 aromatic rings. The first-order valence-electron chi connectivity index (χ1n) is 6.76. The second-order valence-corrected chi connectivity index (χ2v) is 3.55. The van der Waals surface area contributed by atoms with Gasteiger partial charge in [-0.05, 0) is 30.0 Å². The van der Waals surface area contributed by atoms with Gasteiger partial charge in [0.15, 0.2) is 0 Å². The van der Waals surface area contributed by atoms with E-state index in [9.17, 15) is 4.39 Å². The molecule has 14 heavy (non-hydrogen) atoms. The highest BCUT2D eigenvalue weighted by molar-refractivity contribution is 5.43. The SMILES string of the molecule is [2H]C1Oc2ccc(F)c(C([2H])([2H])C(C)C)c2C1[2H]. The van der Waals surface area contributed by atoms with Crippen molar-refractivity contribution in [3.8, 4) is 5.75 Å². The summed E-state index contributed by atoms with van der Waals surface area (Å²) in [6.07, 6.45) is -2.96. The lowest BCUT2D eigenvalue weighted by molar-refractivity contribution is 0.356. The molecule has 0 aromatic heterocycles. The van der Waals surface area contributed by atoms with Crippen molar-refractivity contribution >= 4 is 0 Å². The molecule has 1 nitrogen and oxygen atoms in total. The van der Waals surface area contributed by atoms with E-state index in [0.717, 1.165) is 6.07 Å². The van der Waals surface area contributed by atoms with Crippen molar-refractivity contribution in [3.63, 3.8) is 0 Å². The van der Waals surface area contributed by atoms with Gasteiger partial charge in [0.1, 0.15) is 11.6 Å². The van der Waals surface area contributed by atoms with Crippen molar-refractivity contribution in [3.05, 3.63) is 29.1 Å². The number of ether oxygens (including phenoxy) is 1. The Hall–Kier alpha value is -1.05. The largest absolute Gasteiger partial charge is 0.493 e. The highest BCUT2D eigenvalue weighted by Crippen LogP contribution is 2.31. The minimum Gasteiger partial charge on any atom is -0.493 e. The topological polar surface area (TPSA) is 9.23 Å². The minimum absolute atomic E-state index is 0.134. The normalized spacial score (nSPS) is 30.0. The Labute approximate surface area is 89.5 Å². The summed E-state index contributed by atoms with van der Waals surface area (Å²) in [6, 6.07) is 2.50. The summed E-state index contributed by atoms with van der Waals surface area (Å²) in [7, 11) is 0. The molecule has 2 rings (SSSR count). The summed E-state index contributed by atoms with van der Waals surface area (Å²) in [5.74, 6) is -0.867. The Balaban J connectivity index is 2.66. The maximum Gasteiger partial charge on any atom is 0.126 e. The molecule has 0 spiro atoms. The van der Waals surface area contributed by atoms with E-state index in [1.807, 2.05) is 0 Å². The summed E-state index contributed by atoms with van der Waals surface area (Å²) < 4.78 is 50.5. The fourth-order valence-corrected chi connectivity index (χ4v) is 1.45. The molecule has 0 bridgehead atoms. The third kappa shape index (κ3) is 1.61. The molecule has 76 valence electrons. The summed E-state index contributed by atoms with van der Waals surface area (Å²) in [6.45, 7) is 2.20. The van der Waals surface area contributed by atoms with Crippen molar-refractivity contribution in [2.45, 2.75) is 26.6 Å². The molecule has 0 radical (unpaired) electrons. The van der Waals surface area contributed by atoms with Gasteiger partial charge in [-0.3, -0.25) is 0 Å². The van der Waals surface area contributed by atoms with Crippen LogP contribution < -0.4 is 4.74 Å². The number of hydrogen-bond donors (Lipinski definition) is 0. The predicted octanol–water partition coefficient (Wildman–Crippen LogP) is 2.96. The van der Waals surface area contributed by atoms with Crippen LogP contribution in [0, 0.1) is 11.7 Å². The molecule has 0 saturated heterocycles. The first kappa shape index (κ1) is 5.74. The fraction of sp³-hybridized carbons (Fsp3) is 0.500. The average molecular weight is 198 g/mol. The molecule has 0 fully saturated rings. The lowest BCUT2D eigenvalue weighted by Gasteiger charge is -2.10. The third-order valence-electron chi connectivity index (χ3n) is 2.02. The van der Waals surface area contributed by atoms with Gasteiger partial charge >= 0.3 is 0 Å². The maximum absolute atomic E-state index is 14.0. The monoisotopic (exact) mass is 198 g/mol. The first-order chi connectivity index (χ1) is 8.26. The van der Waals surface area contributed by atoms with Gasteiger partial charge in [0, 0.05) is 16.1 Å². The lowest BCUT2D eigenvalue weighted by atomic mass is 9.96. The molecule has 1 heterocycles. The lowest BCUT2D eigenvalue weighted by Crippen LogP contribution is -2.01. The molecule has 0 saturated carbocycles. The second-order valence-electron chi connectivity index (χ2n) is 3.55. The zero-order valence-electron chi connectivity index (χ0n) is 12.2. The Morgan fingerprint density at radius 1 is 1.64 bits per heavy atom. The summed E-state index contributed by atoms with van der Waals surface area (Å²) in [4.78, 5) is 0. The molecule has 2 heteroatoms. The fourth-order valence-electron chi connectivity index (χ4n) is 1.45. The van der Waals surface area contributed by atoms with Gasteiger partial charge in [0.25, 0.3) is 0 Å². The van der Waals surface area contributed by atoms with E-state index in [2.05, 4.69) is 0 Å². The summed E-state index contributed by atoms with van der Waals surface area (Å²) in [5.41, 5.74) is 0.0402. The van der Waals surface area contributed by atoms with Crippen LogP contribution in [-0.4, -0.2) is 6.58 Å². The van der Waals surface area contributed by atoms with E-state index in [1.54, 1.807) is 13.8 Å². The van der Waals surface area contributed by atoms with Crippen molar-refractivity contribution in [2.75, 3.05) is 6.58 Å². The van der Waals surface area contributed by atoms with Crippen molar-refractivity contribution in [2.24, 2.45) is 5.92 Å². The Morgan fingerprint density at radius 3 is 3.14 bits per heavy atom. The number of benzene rings is 1. The van der Waals surface area contributed by atoms with Crippen LogP contribution in [-0.2, 0) is 12.8 Å². The third-order valence-corrected chi connectivity index (χ3v) is 2.02. The van der Waals surface area contributed by atoms with E-state index in [-0.39, 0.29) is 16.9 Å². The quantitative estimate of drug-likeness (QED) is 0.710. The van der Waals surface area contributed by atoms with E-state index in [4.69, 9.17) is 10.2 Å². The number of rotatable bonds is 2. The van der Waals surface area contributed by atoms with Gasteiger partial charge in [-0.1, -0.05) is 13.8 Å². The van der Waals surface area contributed by atoms with Crippen LogP contribution in [0.4, 0.5) is 4.39 Å². The van der Waals surface area contributed by atoms with Crippen LogP contribution in [0.5, 0.6) is 5.75 Å². The Bertz CT molecular complexity index is 475. The Kier molecular flexibility index (Phi) is 1.48. The maximum atomic E-state index is 14.0. The van der Waals surface area contributed by atoms with Crippen molar-refractivity contribution in [1.82, 2.24) is 0 Å². The molecule has 0 amide bonds. The van der Waals surface area contributed by atoms with E-state index < -0.39 is 31.1 Å². The van der Waals surface area contributed by atoms with Crippen LogP contribution in [0.3, 0.4) is 0 Å². The average Bonchev–Trinajstić information content (AvgIpc) is 2.55. The van der Waals surface area contributed by atoms with E-state index >= 15 is 0 Å². The van der Waals surface area contributed by atoms with Crippen LogP contribution >= 0.6 is 0 Å². The first-order valence-corrected chi connectivity index (χ1v) is 4.60. The molecule has 2 atom stereocenters. The van der Waals surface area contributed by atoms with Gasteiger partial charge in [0.05, 0.1) is 7.95 Å². The van der Waals surface area contributed by atoms with Crippen molar-refractivity contribution in [1.29, 1.82) is 0 Å². The standard InChI is InChI=1S/C12H15FO/c1-8(2)7-10-9-5-6-14-12(9)4-3-11(10)13/h3-4,8H,5-7H2,1-2H3/i5D,6D,7D2. The molecule has 0 N–H and O–H groups in total. The minimum atomic E-state index is -1.89. The van der Waals surface area contributed by atoms with Gasteiger partial charge in [-0.25, -0.2) is 4.39 Å². The molecule has 2 unspecified atom stereocenters. The predicted molar refractivity (Wildman–Crippen MR) is 54.1 cm³/mol. The van der Waals surface area contributed by atoms with Crippen LogP contribution in [0.2, 0.25) is 0 Å². The van der Waals surface area contributed by atoms with Gasteiger partial charge < -0.3 is 4.74 Å². The zero-order valence-corrected chi connectivity index (χ0v) is 8.17. The molecular weight excluding hydrogens is 179 g/mol. The highest BCUT2D eigenvalue weighted by atomic mass is 19.1. The van der Waals surface area contributed by atoms with Gasteiger partial charge in [-0.2, -0.15) is 0 Å². The number of fused-ring (bicyclic) bond motifs is 1. The van der Waals surface area contributed by atoms with Gasteiger partial charge in [-0.15, -0.1) is 0 Å². The Morgan fingerprint density at radius 2 is 2.43 bits per heavy atom. The second kappa shape index (κ2) is 3.60. The molecule has 1 aliphatic rings. The molecule has 1 aromatic carbocycles. The smallest absolute Gasteiger partial charge is 0.126 e. The molecular formula is C12H15FO. The molecule has 0 aliphatic carbocycles. The van der Waals surface area contributed by atoms with E-state index in [0.29, 0.717) is 0 Å². The zero-order chi connectivity index (χ0) is 13.7. The summed E-state index contributed by atoms with van der Waals surface area (Å²) in [5, 5.41) is 0. The highest BCUT2D eigenvalue weighted by Gasteiger charge is 2.19.